The van der Waals surface area contributed by atoms with Crippen molar-refractivity contribution in [3.05, 3.63) is 35.9 Å². The van der Waals surface area contributed by atoms with Gasteiger partial charge in [-0.15, -0.1) is 0 Å². The SMILES string of the molecule is CCCCCCCCCCCCCCCC[SH+]Cc1ccccc1.[Cl-]. The monoisotopic (exact) mass is 384 g/mol. The van der Waals surface area contributed by atoms with E-state index in [0.717, 1.165) is 0 Å². The molecule has 0 fully saturated rings. The van der Waals surface area contributed by atoms with Crippen LogP contribution in [0.1, 0.15) is 102 Å². The number of rotatable bonds is 17. The van der Waals surface area contributed by atoms with Crippen LogP contribution in [0.3, 0.4) is 0 Å². The highest BCUT2D eigenvalue weighted by Crippen LogP contribution is 2.13. The van der Waals surface area contributed by atoms with Gasteiger partial charge in [0.05, 0.1) is 0 Å². The Balaban J connectivity index is 0.00000576. The molecule has 0 aromatic heterocycles. The summed E-state index contributed by atoms with van der Waals surface area (Å²) in [5, 5.41) is 0. The summed E-state index contributed by atoms with van der Waals surface area (Å²) in [6, 6.07) is 10.9. The standard InChI is InChI=1S/C23H40S.ClH/c1-2-3-4-5-6-7-8-9-10-11-12-13-14-18-21-24-22-23-19-16-15-17-20-23;/h15-17,19-20H,2-14,18,21-22H2,1H3;1H. The lowest BCUT2D eigenvalue weighted by Gasteiger charge is -2.02. The lowest BCUT2D eigenvalue weighted by atomic mass is 10.0. The average molecular weight is 385 g/mol. The van der Waals surface area contributed by atoms with Gasteiger partial charge in [0.25, 0.3) is 0 Å². The zero-order valence-electron chi connectivity index (χ0n) is 16.5. The predicted molar refractivity (Wildman–Crippen MR) is 114 cm³/mol. The minimum atomic E-state index is 0. The van der Waals surface area contributed by atoms with E-state index < -0.39 is 0 Å². The van der Waals surface area contributed by atoms with Crippen LogP contribution in [0.15, 0.2) is 30.3 Å². The zero-order chi connectivity index (χ0) is 17.1. The summed E-state index contributed by atoms with van der Waals surface area (Å²) in [6.45, 7) is 2.30. The molecule has 146 valence electrons. The molecule has 0 unspecified atom stereocenters. The van der Waals surface area contributed by atoms with Gasteiger partial charge in [-0.2, -0.15) is 0 Å². The summed E-state index contributed by atoms with van der Waals surface area (Å²) in [7, 11) is 0. The highest BCUT2D eigenvalue weighted by atomic mass is 35.5. The average Bonchev–Trinajstić information content (AvgIpc) is 2.62. The zero-order valence-corrected chi connectivity index (χ0v) is 18.2. The van der Waals surface area contributed by atoms with Crippen LogP contribution in [0, 0.1) is 0 Å². The van der Waals surface area contributed by atoms with Crippen molar-refractivity contribution in [2.24, 2.45) is 0 Å². The summed E-state index contributed by atoms with van der Waals surface area (Å²) in [5.41, 5.74) is 1.49. The van der Waals surface area contributed by atoms with Crippen molar-refractivity contribution in [2.45, 2.75) is 103 Å². The second-order valence-electron chi connectivity index (χ2n) is 7.19. The fourth-order valence-electron chi connectivity index (χ4n) is 3.21. The lowest BCUT2D eigenvalue weighted by molar-refractivity contribution is -0.00000517. The fourth-order valence-corrected chi connectivity index (χ4v) is 4.28. The topological polar surface area (TPSA) is 0 Å². The van der Waals surface area contributed by atoms with Gasteiger partial charge in [0, 0.05) is 5.56 Å². The molecule has 2 heteroatoms. The van der Waals surface area contributed by atoms with Crippen LogP contribution in [-0.2, 0) is 17.5 Å². The molecule has 0 aliphatic heterocycles. The van der Waals surface area contributed by atoms with Crippen LogP contribution < -0.4 is 12.4 Å². The van der Waals surface area contributed by atoms with Gasteiger partial charge < -0.3 is 12.4 Å². The molecule has 0 saturated carbocycles. The van der Waals surface area contributed by atoms with Crippen LogP contribution in [0.5, 0.6) is 0 Å². The molecule has 0 amide bonds. The molecule has 25 heavy (non-hydrogen) atoms. The summed E-state index contributed by atoms with van der Waals surface area (Å²) < 4.78 is 0. The number of benzene rings is 1. The van der Waals surface area contributed by atoms with E-state index in [1.807, 2.05) is 0 Å². The first kappa shape index (κ1) is 24.9. The van der Waals surface area contributed by atoms with Gasteiger partial charge in [-0.3, -0.25) is 0 Å². The van der Waals surface area contributed by atoms with Gasteiger partial charge in [0.15, 0.2) is 0 Å². The van der Waals surface area contributed by atoms with Crippen molar-refractivity contribution < 1.29 is 12.4 Å². The highest BCUT2D eigenvalue weighted by Gasteiger charge is 2.00. The van der Waals surface area contributed by atoms with E-state index in [9.17, 15) is 0 Å². The molecular formula is C23H41ClS. The molecule has 0 heterocycles. The number of thiol groups is 1. The van der Waals surface area contributed by atoms with Crippen LogP contribution in [0.25, 0.3) is 0 Å². The van der Waals surface area contributed by atoms with Gasteiger partial charge in [-0.05, 0) is 24.6 Å². The molecular weight excluding hydrogens is 344 g/mol. The van der Waals surface area contributed by atoms with E-state index in [1.165, 1.54) is 107 Å². The number of hydrogen-bond donors (Lipinski definition) is 0. The smallest absolute Gasteiger partial charge is 0.130 e. The van der Waals surface area contributed by atoms with Crippen molar-refractivity contribution in [2.75, 3.05) is 5.75 Å². The molecule has 1 aromatic carbocycles. The highest BCUT2D eigenvalue weighted by molar-refractivity contribution is 7.77. The molecule has 0 aliphatic carbocycles. The summed E-state index contributed by atoms with van der Waals surface area (Å²) in [5.74, 6) is 2.62. The number of hydrogen-bond acceptors (Lipinski definition) is 0. The van der Waals surface area contributed by atoms with Crippen LogP contribution in [-0.4, -0.2) is 5.75 Å². The Kier molecular flexibility index (Phi) is 20.1. The second-order valence-corrected chi connectivity index (χ2v) is 8.40. The lowest BCUT2D eigenvalue weighted by Crippen LogP contribution is -3.00. The first-order chi connectivity index (χ1) is 11.9. The summed E-state index contributed by atoms with van der Waals surface area (Å²) >= 11 is 1.61. The largest absolute Gasteiger partial charge is 1.00 e. The van der Waals surface area contributed by atoms with Gasteiger partial charge in [0.1, 0.15) is 11.5 Å². The Morgan fingerprint density at radius 2 is 1.04 bits per heavy atom. The van der Waals surface area contributed by atoms with Crippen LogP contribution in [0.2, 0.25) is 0 Å². The Labute approximate surface area is 168 Å². The third-order valence-corrected chi connectivity index (χ3v) is 6.03. The maximum absolute atomic E-state index is 2.30. The van der Waals surface area contributed by atoms with E-state index >= 15 is 0 Å². The fraction of sp³-hybridized carbons (Fsp3) is 0.739. The van der Waals surface area contributed by atoms with Crippen molar-refractivity contribution in [3.8, 4) is 0 Å². The van der Waals surface area contributed by atoms with Gasteiger partial charge >= 0.3 is 0 Å². The van der Waals surface area contributed by atoms with E-state index in [-0.39, 0.29) is 12.4 Å². The quantitative estimate of drug-likeness (QED) is 0.211. The predicted octanol–water partition coefficient (Wildman–Crippen LogP) is 4.49. The molecule has 0 radical (unpaired) electrons. The molecule has 0 nitrogen and oxygen atoms in total. The molecule has 1 rings (SSSR count). The Bertz CT molecular complexity index is 352. The maximum Gasteiger partial charge on any atom is 0.130 e. The van der Waals surface area contributed by atoms with Gasteiger partial charge in [-0.1, -0.05) is 114 Å². The Hall–Kier alpha value is -0.140. The van der Waals surface area contributed by atoms with Crippen molar-refractivity contribution >= 4 is 11.8 Å². The van der Waals surface area contributed by atoms with Crippen molar-refractivity contribution in [3.63, 3.8) is 0 Å². The number of unbranched alkanes of at least 4 members (excludes halogenated alkanes) is 13. The molecule has 0 atom stereocenters. The Morgan fingerprint density at radius 3 is 1.52 bits per heavy atom. The molecule has 1 aromatic rings. The third kappa shape index (κ3) is 17.0. The van der Waals surface area contributed by atoms with Crippen molar-refractivity contribution in [1.82, 2.24) is 0 Å². The number of halogens is 1. The summed E-state index contributed by atoms with van der Waals surface area (Å²) in [6.07, 6.45) is 20.4. The van der Waals surface area contributed by atoms with Crippen LogP contribution >= 0.6 is 0 Å². The maximum atomic E-state index is 2.30. The van der Waals surface area contributed by atoms with E-state index in [4.69, 9.17) is 0 Å². The van der Waals surface area contributed by atoms with Gasteiger partial charge in [0.2, 0.25) is 0 Å². The Morgan fingerprint density at radius 1 is 0.600 bits per heavy atom. The van der Waals surface area contributed by atoms with E-state index in [2.05, 4.69) is 37.3 Å². The second kappa shape index (κ2) is 20.2. The first-order valence-electron chi connectivity index (χ1n) is 10.6. The van der Waals surface area contributed by atoms with Gasteiger partial charge in [-0.25, -0.2) is 0 Å². The molecule has 0 saturated heterocycles. The van der Waals surface area contributed by atoms with E-state index in [1.54, 1.807) is 11.8 Å². The minimum Gasteiger partial charge on any atom is -1.00 e. The summed E-state index contributed by atoms with van der Waals surface area (Å²) in [4.78, 5) is 0. The van der Waals surface area contributed by atoms with E-state index in [0.29, 0.717) is 0 Å². The molecule has 0 bridgehead atoms. The first-order valence-corrected chi connectivity index (χ1v) is 11.9. The van der Waals surface area contributed by atoms with Crippen molar-refractivity contribution in [1.29, 1.82) is 0 Å². The molecule has 0 N–H and O–H groups in total. The molecule has 0 aliphatic rings. The van der Waals surface area contributed by atoms with Crippen LogP contribution in [0.4, 0.5) is 0 Å². The normalized spacial score (nSPS) is 10.6. The third-order valence-electron chi connectivity index (χ3n) is 4.81. The minimum absolute atomic E-state index is 0. The molecule has 0 spiro atoms.